The highest BCUT2D eigenvalue weighted by atomic mass is 16.5. The standard InChI is InChI=1S/C22H42N4O3/c1-3-23-22(24-11-14-25(15-17-27-2)19-7-8-19)26-12-9-20(10-13-26)29-18-21-6-4-5-16-28-21/h19-21H,3-18H2,1-2H3,(H,23,24). The van der Waals surface area contributed by atoms with Gasteiger partial charge in [-0.15, -0.1) is 0 Å². The number of rotatable bonds is 11. The highest BCUT2D eigenvalue weighted by molar-refractivity contribution is 5.80. The van der Waals surface area contributed by atoms with Gasteiger partial charge in [-0.05, 0) is 51.9 Å². The van der Waals surface area contributed by atoms with E-state index >= 15 is 0 Å². The summed E-state index contributed by atoms with van der Waals surface area (Å²) < 4.78 is 17.2. The number of piperidine rings is 1. The molecule has 7 nitrogen and oxygen atoms in total. The molecule has 7 heteroatoms. The van der Waals surface area contributed by atoms with E-state index in [-0.39, 0.29) is 0 Å². The molecule has 1 aliphatic carbocycles. The average Bonchev–Trinajstić information content (AvgIpc) is 3.60. The fraction of sp³-hybridized carbons (Fsp3) is 0.955. The molecule has 2 saturated heterocycles. The fourth-order valence-electron chi connectivity index (χ4n) is 4.25. The van der Waals surface area contributed by atoms with Gasteiger partial charge in [0, 0.05) is 52.5 Å². The smallest absolute Gasteiger partial charge is 0.193 e. The number of guanidine groups is 1. The summed E-state index contributed by atoms with van der Waals surface area (Å²) in [6.07, 6.45) is 9.09. The Hall–Kier alpha value is -0.890. The molecule has 1 atom stereocenters. The second-order valence-electron chi connectivity index (χ2n) is 8.50. The lowest BCUT2D eigenvalue weighted by Crippen LogP contribution is -2.47. The highest BCUT2D eigenvalue weighted by Gasteiger charge is 2.28. The Balaban J connectivity index is 1.39. The molecule has 3 aliphatic rings. The molecule has 2 aliphatic heterocycles. The Morgan fingerprint density at radius 2 is 1.97 bits per heavy atom. The van der Waals surface area contributed by atoms with E-state index in [1.165, 1.54) is 25.7 Å². The van der Waals surface area contributed by atoms with Gasteiger partial charge in [0.05, 0.1) is 32.0 Å². The summed E-state index contributed by atoms with van der Waals surface area (Å²) in [5.41, 5.74) is 0. The van der Waals surface area contributed by atoms with Crippen LogP contribution in [-0.2, 0) is 14.2 Å². The lowest BCUT2D eigenvalue weighted by Gasteiger charge is -2.35. The van der Waals surface area contributed by atoms with E-state index in [1.54, 1.807) is 7.11 Å². The van der Waals surface area contributed by atoms with Crippen molar-refractivity contribution in [1.29, 1.82) is 0 Å². The number of aliphatic imine (C=N–C) groups is 1. The zero-order valence-electron chi connectivity index (χ0n) is 18.6. The van der Waals surface area contributed by atoms with Crippen LogP contribution < -0.4 is 5.32 Å². The normalized spacial score (nSPS) is 24.3. The van der Waals surface area contributed by atoms with E-state index < -0.39 is 0 Å². The zero-order chi connectivity index (χ0) is 20.3. The SMILES string of the molecule is CCNC(=NCCN(CCOC)C1CC1)N1CCC(OCC2CCCCO2)CC1. The third kappa shape index (κ3) is 8.04. The molecule has 0 bridgehead atoms. The number of hydrogen-bond acceptors (Lipinski definition) is 5. The number of methoxy groups -OCH3 is 1. The number of likely N-dealkylation sites (tertiary alicyclic amines) is 1. The molecule has 0 aromatic heterocycles. The number of ether oxygens (including phenoxy) is 3. The van der Waals surface area contributed by atoms with Gasteiger partial charge in [0.15, 0.2) is 5.96 Å². The topological polar surface area (TPSA) is 58.6 Å². The van der Waals surface area contributed by atoms with Crippen LogP contribution in [0.3, 0.4) is 0 Å². The highest BCUT2D eigenvalue weighted by Crippen LogP contribution is 2.26. The molecule has 2 heterocycles. The van der Waals surface area contributed by atoms with Crippen LogP contribution >= 0.6 is 0 Å². The van der Waals surface area contributed by atoms with Crippen LogP contribution in [0.2, 0.25) is 0 Å². The molecule has 0 radical (unpaired) electrons. The maximum atomic E-state index is 6.16. The summed E-state index contributed by atoms with van der Waals surface area (Å²) in [6.45, 7) is 10.4. The van der Waals surface area contributed by atoms with Crippen LogP contribution in [0, 0.1) is 0 Å². The van der Waals surface area contributed by atoms with Crippen LogP contribution in [0.4, 0.5) is 0 Å². The molecule has 0 spiro atoms. The predicted molar refractivity (Wildman–Crippen MR) is 117 cm³/mol. The quantitative estimate of drug-likeness (QED) is 0.416. The third-order valence-corrected chi connectivity index (χ3v) is 6.16. The Bertz CT molecular complexity index is 473. The van der Waals surface area contributed by atoms with Crippen molar-refractivity contribution in [3.8, 4) is 0 Å². The first-order chi connectivity index (χ1) is 14.3. The van der Waals surface area contributed by atoms with Crippen molar-refractivity contribution in [2.24, 2.45) is 4.99 Å². The fourth-order valence-corrected chi connectivity index (χ4v) is 4.25. The van der Waals surface area contributed by atoms with Crippen LogP contribution in [0.1, 0.15) is 51.9 Å². The molecule has 1 unspecified atom stereocenters. The van der Waals surface area contributed by atoms with Crippen molar-refractivity contribution in [2.75, 3.05) is 66.2 Å². The van der Waals surface area contributed by atoms with Gasteiger partial charge in [-0.25, -0.2) is 0 Å². The van der Waals surface area contributed by atoms with Gasteiger partial charge in [-0.3, -0.25) is 9.89 Å². The van der Waals surface area contributed by atoms with E-state index in [0.717, 1.165) is 90.4 Å². The summed E-state index contributed by atoms with van der Waals surface area (Å²) in [6, 6.07) is 0.754. The van der Waals surface area contributed by atoms with Gasteiger partial charge in [0.1, 0.15) is 0 Å². The molecule has 1 saturated carbocycles. The molecule has 0 aromatic rings. The lowest BCUT2D eigenvalue weighted by molar-refractivity contribution is -0.0721. The van der Waals surface area contributed by atoms with E-state index in [0.29, 0.717) is 12.2 Å². The minimum atomic E-state index is 0.313. The van der Waals surface area contributed by atoms with E-state index in [9.17, 15) is 0 Å². The van der Waals surface area contributed by atoms with Crippen molar-refractivity contribution in [2.45, 2.75) is 70.1 Å². The third-order valence-electron chi connectivity index (χ3n) is 6.16. The Morgan fingerprint density at radius 3 is 2.62 bits per heavy atom. The second-order valence-corrected chi connectivity index (χ2v) is 8.50. The molecule has 3 rings (SSSR count). The van der Waals surface area contributed by atoms with Crippen LogP contribution in [0.25, 0.3) is 0 Å². The van der Waals surface area contributed by atoms with Gasteiger partial charge in [-0.2, -0.15) is 0 Å². The molecule has 29 heavy (non-hydrogen) atoms. The molecular weight excluding hydrogens is 368 g/mol. The molecular formula is C22H42N4O3. The molecule has 0 amide bonds. The van der Waals surface area contributed by atoms with E-state index in [2.05, 4.69) is 22.0 Å². The largest absolute Gasteiger partial charge is 0.383 e. The number of hydrogen-bond donors (Lipinski definition) is 1. The molecule has 3 fully saturated rings. The summed E-state index contributed by atoms with van der Waals surface area (Å²) in [4.78, 5) is 9.86. The maximum Gasteiger partial charge on any atom is 0.193 e. The summed E-state index contributed by atoms with van der Waals surface area (Å²) >= 11 is 0. The number of nitrogens with zero attached hydrogens (tertiary/aromatic N) is 3. The first-order valence-corrected chi connectivity index (χ1v) is 11.8. The Morgan fingerprint density at radius 1 is 1.14 bits per heavy atom. The Kier molecular flexibility index (Phi) is 10.00. The van der Waals surface area contributed by atoms with Crippen LogP contribution in [0.5, 0.6) is 0 Å². The van der Waals surface area contributed by atoms with Gasteiger partial charge in [0.25, 0.3) is 0 Å². The van der Waals surface area contributed by atoms with E-state index in [1.807, 2.05) is 0 Å². The van der Waals surface area contributed by atoms with Gasteiger partial charge in [-0.1, -0.05) is 0 Å². The van der Waals surface area contributed by atoms with Gasteiger partial charge < -0.3 is 24.4 Å². The van der Waals surface area contributed by atoms with Crippen molar-refractivity contribution in [3.05, 3.63) is 0 Å². The Labute approximate surface area is 177 Å². The van der Waals surface area contributed by atoms with Gasteiger partial charge in [0.2, 0.25) is 0 Å². The lowest BCUT2D eigenvalue weighted by atomic mass is 10.1. The van der Waals surface area contributed by atoms with Crippen molar-refractivity contribution in [1.82, 2.24) is 15.1 Å². The first-order valence-electron chi connectivity index (χ1n) is 11.8. The summed E-state index contributed by atoms with van der Waals surface area (Å²) in [5.74, 6) is 1.06. The summed E-state index contributed by atoms with van der Waals surface area (Å²) in [5, 5.41) is 3.48. The number of nitrogens with one attached hydrogen (secondary N) is 1. The van der Waals surface area contributed by atoms with Crippen LogP contribution in [-0.4, -0.2) is 100 Å². The van der Waals surface area contributed by atoms with Gasteiger partial charge >= 0.3 is 0 Å². The monoisotopic (exact) mass is 410 g/mol. The minimum Gasteiger partial charge on any atom is -0.383 e. The molecule has 168 valence electrons. The van der Waals surface area contributed by atoms with Crippen molar-refractivity contribution in [3.63, 3.8) is 0 Å². The first kappa shape index (κ1) is 22.8. The van der Waals surface area contributed by atoms with E-state index in [4.69, 9.17) is 19.2 Å². The molecule has 1 N–H and O–H groups in total. The van der Waals surface area contributed by atoms with Crippen molar-refractivity contribution >= 4 is 5.96 Å². The summed E-state index contributed by atoms with van der Waals surface area (Å²) in [7, 11) is 1.78. The second kappa shape index (κ2) is 12.7. The van der Waals surface area contributed by atoms with Crippen molar-refractivity contribution < 1.29 is 14.2 Å². The molecule has 0 aromatic carbocycles. The predicted octanol–water partition coefficient (Wildman–Crippen LogP) is 2.11. The van der Waals surface area contributed by atoms with Crippen LogP contribution in [0.15, 0.2) is 4.99 Å². The zero-order valence-corrected chi connectivity index (χ0v) is 18.6. The average molecular weight is 411 g/mol. The minimum absolute atomic E-state index is 0.313. The maximum absolute atomic E-state index is 6.16.